The lowest BCUT2D eigenvalue weighted by atomic mass is 10.0. The van der Waals surface area contributed by atoms with Crippen LogP contribution in [0.3, 0.4) is 0 Å². The highest BCUT2D eigenvalue weighted by atomic mass is 35.5. The summed E-state index contributed by atoms with van der Waals surface area (Å²) in [5.74, 6) is -4.21. The lowest BCUT2D eigenvalue weighted by Crippen LogP contribution is -2.29. The molecule has 0 saturated carbocycles. The number of ether oxygens (including phenoxy) is 3. The molecular weight excluding hydrogens is 1220 g/mol. The van der Waals surface area contributed by atoms with Crippen molar-refractivity contribution in [2.75, 3.05) is 23.7 Å². The molecule has 3 aromatic carbocycles. The van der Waals surface area contributed by atoms with Gasteiger partial charge in [0.1, 0.15) is 46.7 Å². The smallest absolute Gasteiger partial charge is 0.376 e. The molecule has 0 fully saturated rings. The van der Waals surface area contributed by atoms with E-state index in [-0.39, 0.29) is 41.6 Å². The molecule has 436 valence electrons. The van der Waals surface area contributed by atoms with E-state index >= 15 is 0 Å². The number of carboxylic acid groups (broad SMARTS) is 2. The molecule has 0 atom stereocenters. The lowest BCUT2D eigenvalue weighted by Gasteiger charge is -2.21. The van der Waals surface area contributed by atoms with E-state index in [1.54, 1.807) is 126 Å². The van der Waals surface area contributed by atoms with E-state index in [0.717, 1.165) is 16.7 Å². The first-order chi connectivity index (χ1) is 37.0. The lowest BCUT2D eigenvalue weighted by molar-refractivity contribution is -0.152. The average Bonchev–Trinajstić information content (AvgIpc) is 3.31. The number of benzene rings is 3. The van der Waals surface area contributed by atoms with Crippen molar-refractivity contribution < 1.29 is 48.4 Å². The van der Waals surface area contributed by atoms with Gasteiger partial charge in [-0.3, -0.25) is 9.59 Å². The van der Waals surface area contributed by atoms with Gasteiger partial charge in [-0.15, -0.1) is 12.4 Å². The van der Waals surface area contributed by atoms with Crippen LogP contribution in [-0.2, 0) is 43.1 Å². The first-order valence-electron chi connectivity index (χ1n) is 24.2. The summed E-state index contributed by atoms with van der Waals surface area (Å²) >= 11 is 42.7. The van der Waals surface area contributed by atoms with Gasteiger partial charge in [-0.1, -0.05) is 99.4 Å². The summed E-state index contributed by atoms with van der Waals surface area (Å²) in [6, 6.07) is 15.4. The van der Waals surface area contributed by atoms with E-state index in [9.17, 15) is 24.0 Å². The number of hydrogen-bond donors (Lipinski definition) is 4. The zero-order valence-corrected chi connectivity index (χ0v) is 52.2. The Morgan fingerprint density at radius 1 is 0.469 bits per heavy atom. The topological polar surface area (TPSA) is 255 Å². The van der Waals surface area contributed by atoms with Crippen molar-refractivity contribution in [1.29, 1.82) is 0 Å². The number of carboxylic acids is 2. The number of halogens is 8. The molecule has 0 aliphatic rings. The Bertz CT molecular complexity index is 3270. The zero-order valence-electron chi connectivity index (χ0n) is 46.1. The molecular formula is C55H60Cl8N8O10. The number of aliphatic carboxylic acids is 1. The third-order valence-corrected chi connectivity index (χ3v) is 12.4. The Labute approximate surface area is 510 Å². The number of anilines is 2. The minimum Gasteiger partial charge on any atom is -0.480 e. The molecule has 3 heterocycles. The highest BCUT2D eigenvalue weighted by Crippen LogP contribution is 2.31. The number of hydrogen-bond acceptors (Lipinski definition) is 16. The molecule has 6 rings (SSSR count). The highest BCUT2D eigenvalue weighted by molar-refractivity contribution is 6.36. The maximum absolute atomic E-state index is 12.5. The molecule has 6 aromatic rings. The Balaban J connectivity index is 0.000000322. The van der Waals surface area contributed by atoms with Gasteiger partial charge in [-0.05, 0) is 136 Å². The van der Waals surface area contributed by atoms with E-state index in [4.69, 9.17) is 106 Å². The maximum Gasteiger partial charge on any atom is 0.376 e. The van der Waals surface area contributed by atoms with Gasteiger partial charge in [-0.2, -0.15) is 0 Å². The number of rotatable bonds is 15. The predicted molar refractivity (Wildman–Crippen MR) is 318 cm³/mol. The first kappa shape index (κ1) is 69.4. The van der Waals surface area contributed by atoms with Crippen LogP contribution in [0.5, 0.6) is 0 Å². The molecule has 81 heavy (non-hydrogen) atoms. The molecule has 0 bridgehead atoms. The number of carbonyl (C=O) groups is 5. The summed E-state index contributed by atoms with van der Waals surface area (Å²) in [7, 11) is 0. The first-order valence-corrected chi connectivity index (χ1v) is 26.8. The number of aryl methyl sites for hydroxylation is 3. The second-order valence-electron chi connectivity index (χ2n) is 20.6. The van der Waals surface area contributed by atoms with Gasteiger partial charge in [0.25, 0.3) is 0 Å². The number of nitrogens with zero attached hydrogens (tertiary/aromatic N) is 6. The second-order valence-corrected chi connectivity index (χ2v) is 23.4. The summed E-state index contributed by atoms with van der Waals surface area (Å²) in [6.07, 6.45) is 1.10. The van der Waals surface area contributed by atoms with E-state index in [1.807, 2.05) is 12.1 Å². The van der Waals surface area contributed by atoms with Crippen molar-refractivity contribution in [1.82, 2.24) is 29.9 Å². The summed E-state index contributed by atoms with van der Waals surface area (Å²) < 4.78 is 16.0. The number of aromatic nitrogens is 6. The van der Waals surface area contributed by atoms with Crippen LogP contribution in [0.1, 0.15) is 145 Å². The maximum atomic E-state index is 12.5. The molecule has 0 aliphatic heterocycles. The Kier molecular flexibility index (Phi) is 25.7. The molecule has 0 amide bonds. The van der Waals surface area contributed by atoms with Crippen molar-refractivity contribution in [3.8, 4) is 0 Å². The number of nitrogens with one attached hydrogen (secondary N) is 2. The molecule has 18 nitrogen and oxygen atoms in total. The largest absolute Gasteiger partial charge is 0.480 e. The van der Waals surface area contributed by atoms with Gasteiger partial charge in [0, 0.05) is 83.2 Å². The van der Waals surface area contributed by atoms with Gasteiger partial charge in [0.15, 0.2) is 0 Å². The minimum atomic E-state index is -1.30. The zero-order chi connectivity index (χ0) is 60.2. The van der Waals surface area contributed by atoms with Gasteiger partial charge in [0.2, 0.25) is 17.5 Å². The third kappa shape index (κ3) is 22.8. The summed E-state index contributed by atoms with van der Waals surface area (Å²) in [5, 5.41) is 26.7. The summed E-state index contributed by atoms with van der Waals surface area (Å²) in [5.41, 5.74) is 3.94. The molecule has 0 unspecified atom stereocenters. The fourth-order valence-corrected chi connectivity index (χ4v) is 8.56. The van der Waals surface area contributed by atoms with Gasteiger partial charge in [-0.25, -0.2) is 44.3 Å². The van der Waals surface area contributed by atoms with E-state index in [0.29, 0.717) is 89.0 Å². The summed E-state index contributed by atoms with van der Waals surface area (Å²) in [6.45, 7) is 20.6. The molecule has 0 spiro atoms. The van der Waals surface area contributed by atoms with Gasteiger partial charge in [0.05, 0.1) is 0 Å². The van der Waals surface area contributed by atoms with Crippen LogP contribution in [-0.4, -0.2) is 99.9 Å². The average molecular weight is 1280 g/mol. The van der Waals surface area contributed by atoms with Crippen molar-refractivity contribution in [3.05, 3.63) is 158 Å². The minimum absolute atomic E-state index is 0. The van der Waals surface area contributed by atoms with Crippen LogP contribution >= 0.6 is 93.6 Å². The van der Waals surface area contributed by atoms with Crippen molar-refractivity contribution in [3.63, 3.8) is 0 Å². The Hall–Kier alpha value is -5.83. The Morgan fingerprint density at radius 2 is 0.802 bits per heavy atom. The molecule has 0 radical (unpaired) electrons. The SMILES string of the molecule is Cc1nc(C(=O)O)nc(NCC(=O)O)c1Cc1ccc(Cl)cc1Cl.Cc1nc(C(=O)OC(C)(C)C)nc(Cl)c1Cc1ccc(Cl)cc1Cl.Cc1nc(C(=O)OC(C)(C)C)nc(NCC(=O)OC(C)(C)C)c1Cc1ccc(Cl)cc1Cl.Cl. The molecule has 4 N–H and O–H groups in total. The fourth-order valence-electron chi connectivity index (χ4n) is 6.85. The van der Waals surface area contributed by atoms with Crippen molar-refractivity contribution in [2.24, 2.45) is 0 Å². The standard InChI is InChI=1S/C23H29Cl2N3O4.C17H17Cl3N2O2.C15H13Cl2N3O4.ClH/c1-13-16(10-14-8-9-15(24)11-17(14)25)19(26-12-18(29)31-22(2,3)4)28-20(27-13)21(30)32-23(5,6)7;1-9-12(7-10-5-6-11(18)8-13(10)19)14(20)22-15(21-9)16(23)24-17(2,3)4;1-7-10(4-8-2-3-9(16)5-11(8)17)13(18-6-12(21)22)20-14(19-7)15(23)24;/h8-9,11H,10,12H2,1-7H3,(H,26,27,28);5-6,8H,7H2,1-4H3;2-3,5H,4,6H2,1H3,(H,21,22)(H,23,24)(H,18,19,20);1H. The van der Waals surface area contributed by atoms with Crippen molar-refractivity contribution in [2.45, 2.75) is 119 Å². The monoisotopic (exact) mass is 1270 g/mol. The summed E-state index contributed by atoms with van der Waals surface area (Å²) in [4.78, 5) is 83.6. The fraction of sp³-hybridized carbons (Fsp3) is 0.364. The van der Waals surface area contributed by atoms with Crippen molar-refractivity contribution >= 4 is 135 Å². The number of aromatic carboxylic acids is 1. The van der Waals surface area contributed by atoms with E-state index < -0.39 is 59.0 Å². The van der Waals surface area contributed by atoms with Gasteiger partial charge < -0.3 is 35.1 Å². The highest BCUT2D eigenvalue weighted by Gasteiger charge is 2.26. The molecule has 0 saturated heterocycles. The van der Waals surface area contributed by atoms with Crippen LogP contribution in [0.4, 0.5) is 11.6 Å². The van der Waals surface area contributed by atoms with Gasteiger partial charge >= 0.3 is 29.8 Å². The predicted octanol–water partition coefficient (Wildman–Crippen LogP) is 14.0. The van der Waals surface area contributed by atoms with Crippen LogP contribution in [0.25, 0.3) is 0 Å². The van der Waals surface area contributed by atoms with Crippen LogP contribution in [0, 0.1) is 20.8 Å². The van der Waals surface area contributed by atoms with Crippen LogP contribution in [0.2, 0.25) is 35.3 Å². The third-order valence-electron chi connectivity index (χ3n) is 10.3. The molecule has 3 aromatic heterocycles. The number of carbonyl (C=O) groups excluding carboxylic acids is 3. The number of esters is 3. The molecule has 26 heteroatoms. The van der Waals surface area contributed by atoms with Crippen LogP contribution < -0.4 is 10.6 Å². The molecule has 0 aliphatic carbocycles. The van der Waals surface area contributed by atoms with Crippen LogP contribution in [0.15, 0.2) is 54.6 Å². The normalized spacial score (nSPS) is 11.1. The Morgan fingerprint density at radius 3 is 1.15 bits per heavy atom. The van der Waals surface area contributed by atoms with E-state index in [1.165, 1.54) is 0 Å². The second kappa shape index (κ2) is 29.9. The van der Waals surface area contributed by atoms with E-state index in [2.05, 4.69) is 40.5 Å². The quantitative estimate of drug-likeness (QED) is 0.0423.